The van der Waals surface area contributed by atoms with Gasteiger partial charge in [-0.25, -0.2) is 4.79 Å². The zero-order chi connectivity index (χ0) is 39.0. The number of aliphatic hydroxyl groups excluding tert-OH is 8. The molecule has 0 bridgehead atoms. The molecule has 2 heterocycles. The van der Waals surface area contributed by atoms with Crippen LogP contribution in [-0.4, -0.2) is 156 Å². The van der Waals surface area contributed by atoms with E-state index < -0.39 is 118 Å². The molecule has 1 unspecified atom stereocenters. The van der Waals surface area contributed by atoms with Crippen LogP contribution in [0, 0.1) is 0 Å². The molecular formula is C33H42O20. The molecule has 11 atom stereocenters. The molecule has 53 heavy (non-hydrogen) atoms. The van der Waals surface area contributed by atoms with Crippen LogP contribution < -0.4 is 14.2 Å². The van der Waals surface area contributed by atoms with E-state index in [0.29, 0.717) is 11.1 Å². The predicted molar refractivity (Wildman–Crippen MR) is 170 cm³/mol. The van der Waals surface area contributed by atoms with Crippen LogP contribution in [0.25, 0.3) is 0 Å². The molecule has 2 saturated heterocycles. The fourth-order valence-corrected chi connectivity index (χ4v) is 5.27. The Kier molecular flexibility index (Phi) is 14.3. The van der Waals surface area contributed by atoms with E-state index in [1.165, 1.54) is 49.6 Å². The first-order chi connectivity index (χ1) is 25.1. The fourth-order valence-electron chi connectivity index (χ4n) is 5.27. The van der Waals surface area contributed by atoms with Gasteiger partial charge in [-0.15, -0.1) is 0 Å². The van der Waals surface area contributed by atoms with Gasteiger partial charge in [-0.05, 0) is 35.4 Å². The number of rotatable bonds is 16. The van der Waals surface area contributed by atoms with Gasteiger partial charge in [0.05, 0.1) is 33.2 Å². The van der Waals surface area contributed by atoms with Crippen molar-refractivity contribution in [2.24, 2.45) is 0 Å². The van der Waals surface area contributed by atoms with Gasteiger partial charge in [0.25, 0.3) is 0 Å². The van der Waals surface area contributed by atoms with Crippen molar-refractivity contribution in [3.8, 4) is 17.2 Å². The van der Waals surface area contributed by atoms with Gasteiger partial charge in [0.1, 0.15) is 67.8 Å². The SMILES string of the molecule is COc1cc(COC(=O)CC(O)(CC(=O)OCc2ccc(O[C@@H]3O[C@H](CO)[C@@H](O)[C@H](O)[C@H]3O)cc2)C(=O)O)ccc1O[C@@H]1O[C@H](CO)[C@@H](O)[C@H](O)[C@H]1O. The number of carbonyl (C=O) groups is 3. The highest BCUT2D eigenvalue weighted by Crippen LogP contribution is 2.32. The van der Waals surface area contributed by atoms with Gasteiger partial charge in [-0.2, -0.15) is 0 Å². The maximum Gasteiger partial charge on any atom is 0.336 e. The lowest BCUT2D eigenvalue weighted by atomic mass is 9.96. The number of carboxylic acid groups (broad SMARTS) is 1. The van der Waals surface area contributed by atoms with E-state index in [9.17, 15) is 65.4 Å². The molecule has 20 heteroatoms. The smallest absolute Gasteiger partial charge is 0.336 e. The van der Waals surface area contributed by atoms with E-state index >= 15 is 0 Å². The van der Waals surface area contributed by atoms with Gasteiger partial charge in [0, 0.05) is 0 Å². The Hall–Kier alpha value is -4.19. The molecule has 2 aromatic carbocycles. The van der Waals surface area contributed by atoms with Crippen molar-refractivity contribution in [2.75, 3.05) is 20.3 Å². The average molecular weight is 759 g/mol. The van der Waals surface area contributed by atoms with Crippen LogP contribution in [0.1, 0.15) is 24.0 Å². The summed E-state index contributed by atoms with van der Waals surface area (Å²) in [6.07, 6.45) is -17.4. The topological polar surface area (TPSA) is 318 Å². The Morgan fingerprint density at radius 1 is 0.660 bits per heavy atom. The highest BCUT2D eigenvalue weighted by Gasteiger charge is 2.46. The second-order valence-electron chi connectivity index (χ2n) is 12.3. The van der Waals surface area contributed by atoms with Crippen LogP contribution in [0.3, 0.4) is 0 Å². The summed E-state index contributed by atoms with van der Waals surface area (Å²) in [5.41, 5.74) is -2.20. The van der Waals surface area contributed by atoms with E-state index in [-0.39, 0.29) is 23.9 Å². The first kappa shape index (κ1) is 41.6. The summed E-state index contributed by atoms with van der Waals surface area (Å²) in [6.45, 7) is -2.13. The zero-order valence-corrected chi connectivity index (χ0v) is 28.1. The lowest BCUT2D eigenvalue weighted by Crippen LogP contribution is -2.60. The number of aliphatic hydroxyl groups is 9. The van der Waals surface area contributed by atoms with Crippen LogP contribution in [0.15, 0.2) is 42.5 Å². The van der Waals surface area contributed by atoms with Gasteiger partial charge >= 0.3 is 17.9 Å². The molecule has 4 rings (SSSR count). The summed E-state index contributed by atoms with van der Waals surface area (Å²) in [6, 6.07) is 9.78. The second-order valence-corrected chi connectivity index (χ2v) is 12.3. The van der Waals surface area contributed by atoms with Gasteiger partial charge in [0.2, 0.25) is 12.6 Å². The first-order valence-electron chi connectivity index (χ1n) is 16.1. The van der Waals surface area contributed by atoms with Gasteiger partial charge in [-0.3, -0.25) is 9.59 Å². The van der Waals surface area contributed by atoms with E-state index in [4.69, 9.17) is 33.2 Å². The second kappa shape index (κ2) is 18.2. The van der Waals surface area contributed by atoms with E-state index in [1.807, 2.05) is 0 Å². The number of ether oxygens (including phenoxy) is 7. The van der Waals surface area contributed by atoms with Crippen molar-refractivity contribution < 1.29 is 98.6 Å². The molecule has 2 fully saturated rings. The molecule has 10 N–H and O–H groups in total. The number of esters is 2. The molecule has 0 aromatic heterocycles. The summed E-state index contributed by atoms with van der Waals surface area (Å²) in [7, 11) is 1.27. The van der Waals surface area contributed by atoms with Crippen molar-refractivity contribution in [2.45, 2.75) is 93.1 Å². The first-order valence-corrected chi connectivity index (χ1v) is 16.1. The minimum Gasteiger partial charge on any atom is -0.493 e. The van der Waals surface area contributed by atoms with Crippen molar-refractivity contribution in [1.82, 2.24) is 0 Å². The van der Waals surface area contributed by atoms with Crippen LogP contribution in [-0.2, 0) is 46.5 Å². The molecular weight excluding hydrogens is 716 g/mol. The van der Waals surface area contributed by atoms with E-state index in [0.717, 1.165) is 0 Å². The van der Waals surface area contributed by atoms with E-state index in [2.05, 4.69) is 0 Å². The number of benzene rings is 2. The van der Waals surface area contributed by atoms with Crippen molar-refractivity contribution in [1.29, 1.82) is 0 Å². The third-order valence-electron chi connectivity index (χ3n) is 8.41. The normalized spacial score (nSPS) is 29.7. The summed E-state index contributed by atoms with van der Waals surface area (Å²) in [5, 5.41) is 99.1. The third kappa shape index (κ3) is 10.3. The number of carboxylic acids is 1. The molecule has 0 spiro atoms. The monoisotopic (exact) mass is 758 g/mol. The largest absolute Gasteiger partial charge is 0.493 e. The zero-order valence-electron chi connectivity index (χ0n) is 28.1. The lowest BCUT2D eigenvalue weighted by Gasteiger charge is -2.39. The number of carbonyl (C=O) groups excluding carboxylic acids is 2. The molecule has 2 aliphatic heterocycles. The molecule has 0 amide bonds. The average Bonchev–Trinajstić information content (AvgIpc) is 3.14. The fraction of sp³-hybridized carbons (Fsp3) is 0.545. The predicted octanol–water partition coefficient (Wildman–Crippen LogP) is -3.56. The van der Waals surface area contributed by atoms with Gasteiger partial charge in [0.15, 0.2) is 17.1 Å². The molecule has 2 aromatic rings. The van der Waals surface area contributed by atoms with Crippen LogP contribution in [0.5, 0.6) is 17.2 Å². The minimum atomic E-state index is -2.89. The quantitative estimate of drug-likeness (QED) is 0.0741. The summed E-state index contributed by atoms with van der Waals surface area (Å²) in [5.74, 6) is -4.04. The summed E-state index contributed by atoms with van der Waals surface area (Å²) >= 11 is 0. The highest BCUT2D eigenvalue weighted by molar-refractivity contribution is 5.89. The lowest BCUT2D eigenvalue weighted by molar-refractivity contribution is -0.277. The summed E-state index contributed by atoms with van der Waals surface area (Å²) in [4.78, 5) is 36.9. The number of hydrogen-bond donors (Lipinski definition) is 10. The van der Waals surface area contributed by atoms with Crippen molar-refractivity contribution in [3.05, 3.63) is 53.6 Å². The van der Waals surface area contributed by atoms with Crippen molar-refractivity contribution >= 4 is 17.9 Å². The van der Waals surface area contributed by atoms with Crippen LogP contribution in [0.4, 0.5) is 0 Å². The molecule has 0 saturated carbocycles. The van der Waals surface area contributed by atoms with Crippen LogP contribution >= 0.6 is 0 Å². The maximum atomic E-state index is 12.6. The molecule has 2 aliphatic rings. The Morgan fingerprint density at radius 3 is 1.60 bits per heavy atom. The molecule has 0 aliphatic carbocycles. The summed E-state index contributed by atoms with van der Waals surface area (Å²) < 4.78 is 37.1. The van der Waals surface area contributed by atoms with Crippen LogP contribution in [0.2, 0.25) is 0 Å². The number of aliphatic carboxylic acids is 1. The third-order valence-corrected chi connectivity index (χ3v) is 8.41. The Balaban J connectivity index is 1.27. The Morgan fingerprint density at radius 2 is 1.13 bits per heavy atom. The minimum absolute atomic E-state index is 0.00280. The van der Waals surface area contributed by atoms with E-state index in [1.54, 1.807) is 0 Å². The number of hydrogen-bond acceptors (Lipinski definition) is 19. The standard InChI is InChI=1S/C33H42O20/c1-47-19-8-16(4-7-18(19)51-31-29(43)27(41)25(39)21(12-35)53-31)14-49-23(37)10-33(46,32(44)45)9-22(36)48-13-15-2-5-17(6-3-15)50-30-28(42)26(40)24(38)20(11-34)52-30/h2-8,20-21,24-31,34-35,38-43,46H,9-14H2,1H3,(H,44,45)/t20-,21-,24-,25-,26+,27+,28-,29-,30-,31-,33?/m1/s1. The molecule has 294 valence electrons. The van der Waals surface area contributed by atoms with Gasteiger partial charge < -0.3 is 84.2 Å². The van der Waals surface area contributed by atoms with Gasteiger partial charge in [-0.1, -0.05) is 18.2 Å². The Labute approximate surface area is 300 Å². The molecule has 20 nitrogen and oxygen atoms in total. The molecule has 0 radical (unpaired) electrons. The highest BCUT2D eigenvalue weighted by atomic mass is 16.7. The van der Waals surface area contributed by atoms with Crippen molar-refractivity contribution in [3.63, 3.8) is 0 Å². The number of methoxy groups -OCH3 is 1. The maximum absolute atomic E-state index is 12.6. The Bertz CT molecular complexity index is 1530.